The molecule has 2 N–H and O–H groups in total. The van der Waals surface area contributed by atoms with Crippen LogP contribution >= 0.6 is 0 Å². The Kier molecular flexibility index (Phi) is 4.66. The zero-order valence-corrected chi connectivity index (χ0v) is 12.0. The summed E-state index contributed by atoms with van der Waals surface area (Å²) in [6.07, 6.45) is 1.59. The van der Waals surface area contributed by atoms with E-state index in [0.29, 0.717) is 11.4 Å². The average molecular weight is 283 g/mol. The topological polar surface area (TPSA) is 71.1 Å². The molecule has 0 spiro atoms. The lowest BCUT2D eigenvalue weighted by molar-refractivity contribution is -0.117. The number of amides is 2. The van der Waals surface area contributed by atoms with Gasteiger partial charge in [0.15, 0.2) is 0 Å². The number of carbonyl (C=O) groups excluding carboxylic acids is 2. The number of aromatic nitrogens is 1. The van der Waals surface area contributed by atoms with Crippen LogP contribution in [0, 0.1) is 6.92 Å². The first-order valence-electron chi connectivity index (χ1n) is 6.65. The maximum Gasteiger partial charge on any atom is 0.251 e. The van der Waals surface area contributed by atoms with Gasteiger partial charge in [-0.15, -0.1) is 0 Å². The lowest BCUT2D eigenvalue weighted by Gasteiger charge is -2.14. The Labute approximate surface area is 123 Å². The minimum Gasteiger partial charge on any atom is -0.341 e. The number of hydrogen-bond acceptors (Lipinski definition) is 3. The van der Waals surface area contributed by atoms with Crippen molar-refractivity contribution < 1.29 is 9.59 Å². The molecule has 0 saturated heterocycles. The maximum absolute atomic E-state index is 12.1. The third-order valence-corrected chi connectivity index (χ3v) is 2.94. The van der Waals surface area contributed by atoms with Crippen LogP contribution in [-0.2, 0) is 4.79 Å². The number of aryl methyl sites for hydroxylation is 1. The van der Waals surface area contributed by atoms with Gasteiger partial charge in [-0.05, 0) is 38.1 Å². The highest BCUT2D eigenvalue weighted by atomic mass is 16.2. The van der Waals surface area contributed by atoms with Crippen LogP contribution in [0.4, 0.5) is 5.82 Å². The first-order chi connectivity index (χ1) is 10.1. The van der Waals surface area contributed by atoms with Crippen LogP contribution in [0.25, 0.3) is 0 Å². The van der Waals surface area contributed by atoms with Crippen molar-refractivity contribution in [3.8, 4) is 0 Å². The molecule has 1 unspecified atom stereocenters. The van der Waals surface area contributed by atoms with Gasteiger partial charge >= 0.3 is 0 Å². The van der Waals surface area contributed by atoms with Gasteiger partial charge in [0.1, 0.15) is 11.9 Å². The van der Waals surface area contributed by atoms with Crippen LogP contribution in [0.1, 0.15) is 22.8 Å². The molecule has 0 aliphatic heterocycles. The fourth-order valence-electron chi connectivity index (χ4n) is 1.80. The predicted molar refractivity (Wildman–Crippen MR) is 81.0 cm³/mol. The average Bonchev–Trinajstić information content (AvgIpc) is 2.48. The second-order valence-electron chi connectivity index (χ2n) is 4.77. The molecule has 0 saturated carbocycles. The van der Waals surface area contributed by atoms with Crippen LogP contribution < -0.4 is 10.6 Å². The second-order valence-corrected chi connectivity index (χ2v) is 4.77. The predicted octanol–water partition coefficient (Wildman–Crippen LogP) is 2.15. The quantitative estimate of drug-likeness (QED) is 0.903. The van der Waals surface area contributed by atoms with E-state index in [9.17, 15) is 9.59 Å². The molecule has 1 atom stereocenters. The largest absolute Gasteiger partial charge is 0.341 e. The monoisotopic (exact) mass is 283 g/mol. The standard InChI is InChI=1S/C16H17N3O2/c1-11-6-5-7-13(10-11)16(21)18-12(2)15(20)19-14-8-3-4-9-17-14/h3-10,12H,1-2H3,(H,18,21)(H,17,19,20). The molecular weight excluding hydrogens is 266 g/mol. The van der Waals surface area contributed by atoms with Crippen LogP contribution in [0.5, 0.6) is 0 Å². The second kappa shape index (κ2) is 6.65. The molecule has 0 fully saturated rings. The molecule has 1 heterocycles. The smallest absolute Gasteiger partial charge is 0.251 e. The fourth-order valence-corrected chi connectivity index (χ4v) is 1.80. The normalized spacial score (nSPS) is 11.5. The summed E-state index contributed by atoms with van der Waals surface area (Å²) in [5.41, 5.74) is 1.53. The number of hydrogen-bond donors (Lipinski definition) is 2. The summed E-state index contributed by atoms with van der Waals surface area (Å²) in [7, 11) is 0. The van der Waals surface area contributed by atoms with Gasteiger partial charge in [0.2, 0.25) is 5.91 Å². The van der Waals surface area contributed by atoms with Gasteiger partial charge in [-0.2, -0.15) is 0 Å². The zero-order chi connectivity index (χ0) is 15.2. The van der Waals surface area contributed by atoms with Crippen molar-refractivity contribution in [3.63, 3.8) is 0 Å². The molecule has 0 bridgehead atoms. The van der Waals surface area contributed by atoms with Gasteiger partial charge in [0.05, 0.1) is 0 Å². The highest BCUT2D eigenvalue weighted by Crippen LogP contribution is 2.05. The molecule has 0 aliphatic carbocycles. The fraction of sp³-hybridized carbons (Fsp3) is 0.188. The Morgan fingerprint density at radius 3 is 2.62 bits per heavy atom. The van der Waals surface area contributed by atoms with E-state index in [2.05, 4.69) is 15.6 Å². The van der Waals surface area contributed by atoms with E-state index in [1.165, 1.54) is 0 Å². The van der Waals surface area contributed by atoms with Gasteiger partial charge < -0.3 is 10.6 Å². The third kappa shape index (κ3) is 4.14. The van der Waals surface area contributed by atoms with Crippen LogP contribution in [0.3, 0.4) is 0 Å². The summed E-state index contributed by atoms with van der Waals surface area (Å²) < 4.78 is 0. The first-order valence-corrected chi connectivity index (χ1v) is 6.65. The van der Waals surface area contributed by atoms with Crippen molar-refractivity contribution in [2.24, 2.45) is 0 Å². The molecule has 108 valence electrons. The van der Waals surface area contributed by atoms with Crippen molar-refractivity contribution in [1.29, 1.82) is 0 Å². The van der Waals surface area contributed by atoms with Crippen LogP contribution in [-0.4, -0.2) is 22.8 Å². The number of carbonyl (C=O) groups is 2. The summed E-state index contributed by atoms with van der Waals surface area (Å²) in [6.45, 7) is 3.54. The molecule has 5 heteroatoms. The Balaban J connectivity index is 1.96. The number of nitrogens with one attached hydrogen (secondary N) is 2. The molecule has 21 heavy (non-hydrogen) atoms. The van der Waals surface area contributed by atoms with Gasteiger partial charge in [-0.25, -0.2) is 4.98 Å². The van der Waals surface area contributed by atoms with E-state index in [-0.39, 0.29) is 11.8 Å². The number of pyridine rings is 1. The summed E-state index contributed by atoms with van der Waals surface area (Å²) in [6, 6.07) is 11.8. The number of benzene rings is 1. The summed E-state index contributed by atoms with van der Waals surface area (Å²) in [5, 5.41) is 5.31. The van der Waals surface area contributed by atoms with Crippen molar-refractivity contribution >= 4 is 17.6 Å². The van der Waals surface area contributed by atoms with E-state index in [1.807, 2.05) is 19.1 Å². The van der Waals surface area contributed by atoms with Crippen LogP contribution in [0.15, 0.2) is 48.7 Å². The van der Waals surface area contributed by atoms with Crippen molar-refractivity contribution in [2.75, 3.05) is 5.32 Å². The number of rotatable bonds is 4. The van der Waals surface area contributed by atoms with Crippen LogP contribution in [0.2, 0.25) is 0 Å². The van der Waals surface area contributed by atoms with E-state index in [0.717, 1.165) is 5.56 Å². The van der Waals surface area contributed by atoms with Gasteiger partial charge in [0.25, 0.3) is 5.91 Å². The zero-order valence-electron chi connectivity index (χ0n) is 12.0. The molecule has 2 aromatic rings. The van der Waals surface area contributed by atoms with E-state index < -0.39 is 6.04 Å². The van der Waals surface area contributed by atoms with Crippen molar-refractivity contribution in [3.05, 3.63) is 59.8 Å². The van der Waals surface area contributed by atoms with Gasteiger partial charge in [0, 0.05) is 11.8 Å². The number of nitrogens with zero attached hydrogens (tertiary/aromatic N) is 1. The first kappa shape index (κ1) is 14.7. The summed E-state index contributed by atoms with van der Waals surface area (Å²) in [4.78, 5) is 28.0. The minimum atomic E-state index is -0.653. The Bertz CT molecular complexity index is 641. The Hall–Kier alpha value is -2.69. The van der Waals surface area contributed by atoms with E-state index >= 15 is 0 Å². The molecular formula is C16H17N3O2. The molecule has 5 nitrogen and oxygen atoms in total. The number of anilines is 1. The molecule has 2 amide bonds. The van der Waals surface area contributed by atoms with E-state index in [1.54, 1.807) is 43.5 Å². The van der Waals surface area contributed by atoms with Crippen molar-refractivity contribution in [1.82, 2.24) is 10.3 Å². The van der Waals surface area contributed by atoms with Gasteiger partial charge in [-0.3, -0.25) is 9.59 Å². The van der Waals surface area contributed by atoms with Crippen molar-refractivity contribution in [2.45, 2.75) is 19.9 Å². The maximum atomic E-state index is 12.1. The van der Waals surface area contributed by atoms with Gasteiger partial charge in [-0.1, -0.05) is 23.8 Å². The molecule has 0 aliphatic rings. The highest BCUT2D eigenvalue weighted by molar-refractivity contribution is 6.00. The Morgan fingerprint density at radius 2 is 1.95 bits per heavy atom. The SMILES string of the molecule is Cc1cccc(C(=O)NC(C)C(=O)Nc2ccccn2)c1. The summed E-state index contributed by atoms with van der Waals surface area (Å²) in [5.74, 6) is -0.128. The minimum absolute atomic E-state index is 0.276. The highest BCUT2D eigenvalue weighted by Gasteiger charge is 2.17. The lowest BCUT2D eigenvalue weighted by Crippen LogP contribution is -2.41. The third-order valence-electron chi connectivity index (χ3n) is 2.94. The summed E-state index contributed by atoms with van der Waals surface area (Å²) >= 11 is 0. The lowest BCUT2D eigenvalue weighted by atomic mass is 10.1. The van der Waals surface area contributed by atoms with E-state index in [4.69, 9.17) is 0 Å². The molecule has 1 aromatic carbocycles. The molecule has 1 aromatic heterocycles. The molecule has 2 rings (SSSR count). The Morgan fingerprint density at radius 1 is 1.14 bits per heavy atom. The molecule has 0 radical (unpaired) electrons.